The van der Waals surface area contributed by atoms with E-state index in [1.165, 1.54) is 11.3 Å². The van der Waals surface area contributed by atoms with Crippen molar-refractivity contribution in [2.75, 3.05) is 0 Å². The molecular formula is C8H12N2O2S. The molecule has 2 N–H and O–H groups in total. The highest BCUT2D eigenvalue weighted by atomic mass is 32.1. The highest BCUT2D eigenvalue weighted by Crippen LogP contribution is 2.05. The lowest BCUT2D eigenvalue weighted by Crippen LogP contribution is -2.35. The van der Waals surface area contributed by atoms with Crippen molar-refractivity contribution in [1.29, 1.82) is 0 Å². The van der Waals surface area contributed by atoms with Gasteiger partial charge in [0, 0.05) is 17.6 Å². The predicted molar refractivity (Wildman–Crippen MR) is 50.7 cm³/mol. The van der Waals surface area contributed by atoms with Gasteiger partial charge in [-0.05, 0) is 6.42 Å². The van der Waals surface area contributed by atoms with Gasteiger partial charge in [0.15, 0.2) is 0 Å². The van der Waals surface area contributed by atoms with Gasteiger partial charge in [0.25, 0.3) is 0 Å². The van der Waals surface area contributed by atoms with Crippen molar-refractivity contribution in [3.05, 3.63) is 16.6 Å². The van der Waals surface area contributed by atoms with E-state index in [9.17, 15) is 4.79 Å². The van der Waals surface area contributed by atoms with Crippen molar-refractivity contribution in [2.45, 2.75) is 25.9 Å². The van der Waals surface area contributed by atoms with Crippen LogP contribution in [0.25, 0.3) is 0 Å². The van der Waals surface area contributed by atoms with Crippen LogP contribution in [0, 0.1) is 0 Å². The molecule has 0 bridgehead atoms. The van der Waals surface area contributed by atoms with E-state index in [4.69, 9.17) is 5.11 Å². The quantitative estimate of drug-likeness (QED) is 0.747. The summed E-state index contributed by atoms with van der Waals surface area (Å²) in [5, 5.41) is 11.7. The van der Waals surface area contributed by atoms with Crippen molar-refractivity contribution in [2.24, 2.45) is 0 Å². The fraction of sp³-hybridized carbons (Fsp3) is 0.500. The largest absolute Gasteiger partial charge is 0.480 e. The molecule has 13 heavy (non-hydrogen) atoms. The summed E-state index contributed by atoms with van der Waals surface area (Å²) in [5.74, 6) is -0.799. The molecule has 1 aromatic rings. The number of nitrogens with zero attached hydrogens (tertiary/aromatic N) is 1. The van der Waals surface area contributed by atoms with E-state index in [1.54, 1.807) is 11.7 Å². The first-order valence-corrected chi connectivity index (χ1v) is 4.95. The van der Waals surface area contributed by atoms with Crippen LogP contribution in [0.15, 0.2) is 11.7 Å². The van der Waals surface area contributed by atoms with Gasteiger partial charge in [0.05, 0.1) is 5.51 Å². The maximum atomic E-state index is 10.6. The molecule has 0 amide bonds. The highest BCUT2D eigenvalue weighted by Gasteiger charge is 2.13. The molecule has 0 aliphatic rings. The Hall–Kier alpha value is -0.940. The number of carbonyl (C=O) groups is 1. The van der Waals surface area contributed by atoms with E-state index in [-0.39, 0.29) is 0 Å². The summed E-state index contributed by atoms with van der Waals surface area (Å²) in [6.45, 7) is 2.42. The molecule has 5 heteroatoms. The van der Waals surface area contributed by atoms with Crippen molar-refractivity contribution < 1.29 is 9.90 Å². The lowest BCUT2D eigenvalue weighted by atomic mass is 10.2. The van der Waals surface area contributed by atoms with Crippen LogP contribution in [0.4, 0.5) is 0 Å². The topological polar surface area (TPSA) is 62.2 Å². The third-order valence-electron chi connectivity index (χ3n) is 1.71. The van der Waals surface area contributed by atoms with Gasteiger partial charge in [0.2, 0.25) is 0 Å². The number of rotatable bonds is 5. The molecule has 4 nitrogen and oxygen atoms in total. The summed E-state index contributed by atoms with van der Waals surface area (Å²) in [5.41, 5.74) is 1.73. The van der Waals surface area contributed by atoms with E-state index in [0.29, 0.717) is 13.0 Å². The lowest BCUT2D eigenvalue weighted by Gasteiger charge is -2.10. The fourth-order valence-corrected chi connectivity index (χ4v) is 1.50. The predicted octanol–water partition coefficient (Wildman–Crippen LogP) is 1.10. The molecule has 1 unspecified atom stereocenters. The van der Waals surface area contributed by atoms with Crippen LogP contribution in [-0.2, 0) is 11.3 Å². The number of aromatic nitrogens is 1. The van der Waals surface area contributed by atoms with E-state index < -0.39 is 12.0 Å². The van der Waals surface area contributed by atoms with Gasteiger partial charge in [-0.15, -0.1) is 11.3 Å². The number of aliphatic carboxylic acids is 1. The normalized spacial score (nSPS) is 12.7. The second-order valence-corrected chi connectivity index (χ2v) is 3.62. The minimum absolute atomic E-state index is 0.456. The molecular weight excluding hydrogens is 188 g/mol. The SMILES string of the molecule is CCC(NCc1cncs1)C(=O)O. The van der Waals surface area contributed by atoms with Gasteiger partial charge in [-0.3, -0.25) is 15.1 Å². The summed E-state index contributed by atoms with van der Waals surface area (Å²) in [6.07, 6.45) is 2.33. The fourth-order valence-electron chi connectivity index (χ4n) is 0.959. The highest BCUT2D eigenvalue weighted by molar-refractivity contribution is 7.09. The second-order valence-electron chi connectivity index (χ2n) is 2.65. The Balaban J connectivity index is 2.36. The first kappa shape index (κ1) is 10.1. The minimum Gasteiger partial charge on any atom is -0.480 e. The lowest BCUT2D eigenvalue weighted by molar-refractivity contribution is -0.139. The van der Waals surface area contributed by atoms with E-state index in [2.05, 4.69) is 10.3 Å². The Kier molecular flexibility index (Phi) is 3.85. The Morgan fingerprint density at radius 3 is 3.08 bits per heavy atom. The average Bonchev–Trinajstić information content (AvgIpc) is 2.57. The molecule has 72 valence electrons. The van der Waals surface area contributed by atoms with E-state index >= 15 is 0 Å². The van der Waals surface area contributed by atoms with Crippen molar-refractivity contribution in [3.63, 3.8) is 0 Å². The Labute approximate surface area is 80.6 Å². The molecule has 0 aliphatic heterocycles. The van der Waals surface area contributed by atoms with Crippen LogP contribution in [0.2, 0.25) is 0 Å². The van der Waals surface area contributed by atoms with Crippen LogP contribution in [0.5, 0.6) is 0 Å². The molecule has 0 saturated carbocycles. The maximum Gasteiger partial charge on any atom is 0.320 e. The molecule has 0 aliphatic carbocycles. The van der Waals surface area contributed by atoms with Crippen LogP contribution >= 0.6 is 11.3 Å². The molecule has 0 fully saturated rings. The van der Waals surface area contributed by atoms with Gasteiger partial charge >= 0.3 is 5.97 Å². The molecule has 0 radical (unpaired) electrons. The molecule has 0 saturated heterocycles. The van der Waals surface area contributed by atoms with Gasteiger partial charge in [0.1, 0.15) is 6.04 Å². The number of carboxylic acid groups (broad SMARTS) is 1. The molecule has 1 heterocycles. The summed E-state index contributed by atoms with van der Waals surface area (Å²) in [6, 6.07) is -0.456. The Bertz CT molecular complexity index is 261. The van der Waals surface area contributed by atoms with Gasteiger partial charge in [-0.1, -0.05) is 6.92 Å². The third-order valence-corrected chi connectivity index (χ3v) is 2.49. The smallest absolute Gasteiger partial charge is 0.320 e. The summed E-state index contributed by atoms with van der Waals surface area (Å²) >= 11 is 1.52. The maximum absolute atomic E-state index is 10.6. The third kappa shape index (κ3) is 3.12. The summed E-state index contributed by atoms with van der Waals surface area (Å²) in [4.78, 5) is 15.6. The average molecular weight is 200 g/mol. The Morgan fingerprint density at radius 1 is 1.85 bits per heavy atom. The number of thiazole rings is 1. The molecule has 1 atom stereocenters. The first-order chi connectivity index (χ1) is 6.24. The van der Waals surface area contributed by atoms with E-state index in [0.717, 1.165) is 4.88 Å². The van der Waals surface area contributed by atoms with Crippen LogP contribution in [-0.4, -0.2) is 22.1 Å². The van der Waals surface area contributed by atoms with Crippen LogP contribution in [0.1, 0.15) is 18.2 Å². The molecule has 0 aromatic carbocycles. The zero-order valence-corrected chi connectivity index (χ0v) is 8.17. The monoisotopic (exact) mass is 200 g/mol. The van der Waals surface area contributed by atoms with Gasteiger partial charge in [-0.2, -0.15) is 0 Å². The first-order valence-electron chi connectivity index (χ1n) is 4.07. The van der Waals surface area contributed by atoms with Gasteiger partial charge in [-0.25, -0.2) is 0 Å². The molecule has 1 aromatic heterocycles. The zero-order chi connectivity index (χ0) is 9.68. The number of hydrogen-bond acceptors (Lipinski definition) is 4. The molecule has 0 spiro atoms. The number of hydrogen-bond donors (Lipinski definition) is 2. The van der Waals surface area contributed by atoms with Crippen LogP contribution in [0.3, 0.4) is 0 Å². The Morgan fingerprint density at radius 2 is 2.62 bits per heavy atom. The number of nitrogens with one attached hydrogen (secondary N) is 1. The van der Waals surface area contributed by atoms with Crippen molar-refractivity contribution in [3.8, 4) is 0 Å². The second kappa shape index (κ2) is 4.94. The van der Waals surface area contributed by atoms with E-state index in [1.807, 2.05) is 6.92 Å². The van der Waals surface area contributed by atoms with Crippen molar-refractivity contribution >= 4 is 17.3 Å². The van der Waals surface area contributed by atoms with Crippen molar-refractivity contribution in [1.82, 2.24) is 10.3 Å². The summed E-state index contributed by atoms with van der Waals surface area (Å²) in [7, 11) is 0. The zero-order valence-electron chi connectivity index (χ0n) is 7.36. The number of carboxylic acids is 1. The minimum atomic E-state index is -0.799. The summed E-state index contributed by atoms with van der Waals surface area (Å²) < 4.78 is 0. The van der Waals surface area contributed by atoms with Gasteiger partial charge < -0.3 is 5.11 Å². The standard InChI is InChI=1S/C8H12N2O2S/c1-2-7(8(11)12)10-4-6-3-9-5-13-6/h3,5,7,10H,2,4H2,1H3,(H,11,12). The molecule has 1 rings (SSSR count). The van der Waals surface area contributed by atoms with Crippen LogP contribution < -0.4 is 5.32 Å².